The van der Waals surface area contributed by atoms with Crippen LogP contribution in [0.5, 0.6) is 28.7 Å². The van der Waals surface area contributed by atoms with Crippen LogP contribution in [0.25, 0.3) is 0 Å². The Labute approximate surface area is 125 Å². The second-order valence-corrected chi connectivity index (χ2v) is 5.25. The number of hydrogen-bond acceptors (Lipinski definition) is 6. The minimum atomic E-state index is -0.724. The number of phenols is 4. The summed E-state index contributed by atoms with van der Waals surface area (Å²) in [5.41, 5.74) is 1.09. The molecule has 6 nitrogen and oxygen atoms in total. The van der Waals surface area contributed by atoms with Crippen molar-refractivity contribution in [2.45, 2.75) is 19.4 Å². The number of ketones is 1. The number of ether oxygens (including phenoxy) is 1. The standard InChI is InChI=1S/C16H14O6/c1-7-2-3-8(4-9(7)17)13-6-11(19)14-10(18)5-12(20)15(21)16(14)22-13/h2-5,13,17-18,20-21H,6H2,1H3. The van der Waals surface area contributed by atoms with E-state index in [1.165, 1.54) is 6.07 Å². The number of rotatable bonds is 1. The van der Waals surface area contributed by atoms with Gasteiger partial charge in [0.25, 0.3) is 0 Å². The minimum absolute atomic E-state index is 0.0483. The van der Waals surface area contributed by atoms with Crippen LogP contribution in [-0.2, 0) is 0 Å². The third-order valence-electron chi connectivity index (χ3n) is 3.73. The fraction of sp³-hybridized carbons (Fsp3) is 0.188. The van der Waals surface area contributed by atoms with Gasteiger partial charge in [-0.2, -0.15) is 0 Å². The number of Topliss-reactive ketones (excluding diaryl/α,β-unsaturated/α-hetero) is 1. The molecule has 0 spiro atoms. The van der Waals surface area contributed by atoms with Gasteiger partial charge in [-0.05, 0) is 24.1 Å². The largest absolute Gasteiger partial charge is 0.508 e. The van der Waals surface area contributed by atoms with E-state index in [2.05, 4.69) is 0 Å². The van der Waals surface area contributed by atoms with Gasteiger partial charge >= 0.3 is 0 Å². The average Bonchev–Trinajstić information content (AvgIpc) is 2.47. The highest BCUT2D eigenvalue weighted by molar-refractivity contribution is 6.03. The first-order valence-corrected chi connectivity index (χ1v) is 6.65. The van der Waals surface area contributed by atoms with Crippen LogP contribution in [0, 0.1) is 6.92 Å². The van der Waals surface area contributed by atoms with Gasteiger partial charge in [0.15, 0.2) is 17.3 Å². The summed E-state index contributed by atoms with van der Waals surface area (Å²) < 4.78 is 5.57. The molecule has 0 fully saturated rings. The van der Waals surface area contributed by atoms with Gasteiger partial charge in [0, 0.05) is 6.07 Å². The lowest BCUT2D eigenvalue weighted by Crippen LogP contribution is -2.20. The molecular weight excluding hydrogens is 288 g/mol. The van der Waals surface area contributed by atoms with Crippen LogP contribution in [0.2, 0.25) is 0 Å². The molecule has 1 atom stereocenters. The number of fused-ring (bicyclic) bond motifs is 1. The van der Waals surface area contributed by atoms with Crippen LogP contribution in [0.15, 0.2) is 24.3 Å². The molecule has 0 radical (unpaired) electrons. The Balaban J connectivity index is 2.07. The molecule has 1 aliphatic rings. The van der Waals surface area contributed by atoms with E-state index in [0.29, 0.717) is 11.1 Å². The molecule has 6 heteroatoms. The summed E-state index contributed by atoms with van der Waals surface area (Å²) in [5.74, 6) is -2.21. The maximum Gasteiger partial charge on any atom is 0.201 e. The SMILES string of the molecule is Cc1ccc(C2CC(=O)c3c(O)cc(O)c(O)c3O2)cc1O. The Bertz CT molecular complexity index is 781. The van der Waals surface area contributed by atoms with Crippen molar-refractivity contribution in [1.29, 1.82) is 0 Å². The number of benzene rings is 2. The minimum Gasteiger partial charge on any atom is -0.508 e. The summed E-state index contributed by atoms with van der Waals surface area (Å²) in [6.07, 6.45) is -0.772. The molecule has 114 valence electrons. The van der Waals surface area contributed by atoms with Crippen LogP contribution in [0.3, 0.4) is 0 Å². The molecule has 0 aromatic heterocycles. The second-order valence-electron chi connectivity index (χ2n) is 5.25. The third-order valence-corrected chi connectivity index (χ3v) is 3.73. The summed E-state index contributed by atoms with van der Waals surface area (Å²) in [5, 5.41) is 38.9. The van der Waals surface area contributed by atoms with E-state index in [1.54, 1.807) is 19.1 Å². The van der Waals surface area contributed by atoms with Gasteiger partial charge in [0.05, 0.1) is 6.42 Å². The van der Waals surface area contributed by atoms with Crippen molar-refractivity contribution >= 4 is 5.78 Å². The zero-order valence-corrected chi connectivity index (χ0v) is 11.7. The van der Waals surface area contributed by atoms with Gasteiger partial charge in [-0.3, -0.25) is 4.79 Å². The van der Waals surface area contributed by atoms with Crippen LogP contribution in [-0.4, -0.2) is 26.2 Å². The first-order chi connectivity index (χ1) is 10.4. The van der Waals surface area contributed by atoms with Crippen molar-refractivity contribution in [3.63, 3.8) is 0 Å². The average molecular weight is 302 g/mol. The molecule has 1 heterocycles. The fourth-order valence-corrected chi connectivity index (χ4v) is 2.47. The summed E-state index contributed by atoms with van der Waals surface area (Å²) in [6.45, 7) is 1.74. The van der Waals surface area contributed by atoms with E-state index in [-0.39, 0.29) is 23.5 Å². The van der Waals surface area contributed by atoms with Gasteiger partial charge in [-0.1, -0.05) is 12.1 Å². The third kappa shape index (κ3) is 2.09. The molecule has 3 rings (SSSR count). The van der Waals surface area contributed by atoms with E-state index in [1.807, 2.05) is 0 Å². The predicted molar refractivity (Wildman–Crippen MR) is 76.6 cm³/mol. The van der Waals surface area contributed by atoms with Gasteiger partial charge < -0.3 is 25.2 Å². The normalized spacial score (nSPS) is 17.0. The fourth-order valence-electron chi connectivity index (χ4n) is 2.47. The van der Waals surface area contributed by atoms with Crippen molar-refractivity contribution in [3.8, 4) is 28.7 Å². The lowest BCUT2D eigenvalue weighted by molar-refractivity contribution is 0.0836. The highest BCUT2D eigenvalue weighted by atomic mass is 16.5. The van der Waals surface area contributed by atoms with Crippen LogP contribution >= 0.6 is 0 Å². The molecule has 0 saturated carbocycles. The van der Waals surface area contributed by atoms with Crippen molar-refractivity contribution in [3.05, 3.63) is 41.0 Å². The van der Waals surface area contributed by atoms with Crippen molar-refractivity contribution in [1.82, 2.24) is 0 Å². The van der Waals surface area contributed by atoms with Crippen molar-refractivity contribution in [2.75, 3.05) is 0 Å². The van der Waals surface area contributed by atoms with Crippen LogP contribution in [0.4, 0.5) is 0 Å². The van der Waals surface area contributed by atoms with Gasteiger partial charge in [-0.25, -0.2) is 0 Å². The van der Waals surface area contributed by atoms with Crippen LogP contribution in [0.1, 0.15) is 34.0 Å². The summed E-state index contributed by atoms with van der Waals surface area (Å²) in [6, 6.07) is 5.77. The highest BCUT2D eigenvalue weighted by Crippen LogP contribution is 2.49. The summed E-state index contributed by atoms with van der Waals surface area (Å²) in [7, 11) is 0. The molecule has 1 unspecified atom stereocenters. The van der Waals surface area contributed by atoms with Crippen molar-refractivity contribution < 1.29 is 30.0 Å². The number of carbonyl (C=O) groups is 1. The molecule has 0 amide bonds. The molecule has 22 heavy (non-hydrogen) atoms. The smallest absolute Gasteiger partial charge is 0.201 e. The number of phenolic OH excluding ortho intramolecular Hbond substituents is 4. The quantitative estimate of drug-likeness (QED) is 0.476. The molecule has 4 N–H and O–H groups in total. The summed E-state index contributed by atoms with van der Waals surface area (Å²) in [4.78, 5) is 12.2. The topological polar surface area (TPSA) is 107 Å². The van der Waals surface area contributed by atoms with E-state index < -0.39 is 29.1 Å². The van der Waals surface area contributed by atoms with E-state index >= 15 is 0 Å². The number of aryl methyl sites for hydroxylation is 1. The van der Waals surface area contributed by atoms with Crippen molar-refractivity contribution in [2.24, 2.45) is 0 Å². The second kappa shape index (κ2) is 4.84. The van der Waals surface area contributed by atoms with E-state index in [4.69, 9.17) is 4.74 Å². The Kier molecular flexibility index (Phi) is 3.09. The van der Waals surface area contributed by atoms with Crippen LogP contribution < -0.4 is 4.74 Å². The maximum absolute atomic E-state index is 12.2. The van der Waals surface area contributed by atoms with Gasteiger partial charge in [-0.15, -0.1) is 0 Å². The number of carbonyl (C=O) groups excluding carboxylic acids is 1. The Morgan fingerprint density at radius 1 is 1.05 bits per heavy atom. The highest BCUT2D eigenvalue weighted by Gasteiger charge is 2.34. The van der Waals surface area contributed by atoms with E-state index in [9.17, 15) is 25.2 Å². The Morgan fingerprint density at radius 2 is 1.77 bits per heavy atom. The van der Waals surface area contributed by atoms with Gasteiger partial charge in [0.1, 0.15) is 23.2 Å². The monoisotopic (exact) mass is 302 g/mol. The Hall–Kier alpha value is -2.89. The molecule has 0 aliphatic carbocycles. The zero-order chi connectivity index (χ0) is 16.0. The van der Waals surface area contributed by atoms with E-state index in [0.717, 1.165) is 6.07 Å². The number of hydrogen-bond donors (Lipinski definition) is 4. The molecule has 2 aromatic rings. The summed E-state index contributed by atoms with van der Waals surface area (Å²) >= 11 is 0. The first kappa shape index (κ1) is 14.1. The Morgan fingerprint density at radius 3 is 2.45 bits per heavy atom. The van der Waals surface area contributed by atoms with Gasteiger partial charge in [0.2, 0.25) is 5.75 Å². The molecule has 0 saturated heterocycles. The maximum atomic E-state index is 12.2. The lowest BCUT2D eigenvalue weighted by atomic mass is 9.94. The lowest BCUT2D eigenvalue weighted by Gasteiger charge is -2.27. The predicted octanol–water partition coefficient (Wildman–Crippen LogP) is 2.52. The first-order valence-electron chi connectivity index (χ1n) is 6.65. The number of aromatic hydroxyl groups is 4. The molecule has 1 aliphatic heterocycles. The zero-order valence-electron chi connectivity index (χ0n) is 11.7. The molecule has 2 aromatic carbocycles. The molecular formula is C16H14O6. The molecule has 0 bridgehead atoms.